The summed E-state index contributed by atoms with van der Waals surface area (Å²) in [4.78, 5) is 27.3. The number of fused-ring (bicyclic) bond motifs is 1. The molecule has 2 heterocycles. The van der Waals surface area contributed by atoms with Gasteiger partial charge in [0.15, 0.2) is 5.65 Å². The maximum absolute atomic E-state index is 13.5. The summed E-state index contributed by atoms with van der Waals surface area (Å²) >= 11 is 5.90. The van der Waals surface area contributed by atoms with Gasteiger partial charge in [-0.3, -0.25) is 13.9 Å². The van der Waals surface area contributed by atoms with Crippen molar-refractivity contribution in [2.75, 3.05) is 4.90 Å². The van der Waals surface area contributed by atoms with E-state index >= 15 is 0 Å². The Kier molecular flexibility index (Phi) is 6.72. The SMILES string of the molecule is CC(C)N(c1ccccc1)c1c2c(=S)n(C)c(=O)n(C3CCCC3)c2nn1Cc1ccc(C(N)=O)cc1. The van der Waals surface area contributed by atoms with Crippen LogP contribution in [0.4, 0.5) is 11.5 Å². The van der Waals surface area contributed by atoms with Crippen LogP contribution in [0.2, 0.25) is 0 Å². The van der Waals surface area contributed by atoms with Crippen LogP contribution >= 0.6 is 12.2 Å². The minimum absolute atomic E-state index is 0.0878. The van der Waals surface area contributed by atoms with E-state index in [1.807, 2.05) is 39.6 Å². The fraction of sp³-hybridized carbons (Fsp3) is 0.357. The number of hydrogen-bond acceptors (Lipinski definition) is 5. The molecule has 0 aliphatic heterocycles. The molecule has 5 rings (SSSR count). The van der Waals surface area contributed by atoms with E-state index in [1.165, 1.54) is 0 Å². The van der Waals surface area contributed by atoms with Crippen molar-refractivity contribution >= 4 is 40.7 Å². The first-order valence-electron chi connectivity index (χ1n) is 12.7. The molecule has 1 aliphatic carbocycles. The quantitative estimate of drug-likeness (QED) is 0.346. The Morgan fingerprint density at radius 3 is 2.35 bits per heavy atom. The van der Waals surface area contributed by atoms with Gasteiger partial charge < -0.3 is 10.6 Å². The van der Waals surface area contributed by atoms with Crippen molar-refractivity contribution in [2.24, 2.45) is 12.8 Å². The monoisotopic (exact) mass is 516 g/mol. The molecule has 2 aromatic carbocycles. The lowest BCUT2D eigenvalue weighted by molar-refractivity contribution is 0.100. The lowest BCUT2D eigenvalue weighted by atomic mass is 10.1. The minimum Gasteiger partial charge on any atom is -0.366 e. The van der Waals surface area contributed by atoms with Crippen molar-refractivity contribution < 1.29 is 4.79 Å². The highest BCUT2D eigenvalue weighted by atomic mass is 32.1. The van der Waals surface area contributed by atoms with E-state index < -0.39 is 5.91 Å². The summed E-state index contributed by atoms with van der Waals surface area (Å²) in [7, 11) is 1.75. The summed E-state index contributed by atoms with van der Waals surface area (Å²) in [5.74, 6) is 0.387. The van der Waals surface area contributed by atoms with Crippen LogP contribution in [-0.4, -0.2) is 30.9 Å². The summed E-state index contributed by atoms with van der Waals surface area (Å²) in [5, 5.41) is 5.87. The molecule has 1 fully saturated rings. The zero-order valence-electron chi connectivity index (χ0n) is 21.4. The third kappa shape index (κ3) is 4.48. The number of nitrogens with zero attached hydrogens (tertiary/aromatic N) is 5. The second-order valence-electron chi connectivity index (χ2n) is 10.00. The second kappa shape index (κ2) is 9.97. The molecule has 0 bridgehead atoms. The number of nitrogens with two attached hydrogens (primary N) is 1. The largest absolute Gasteiger partial charge is 0.366 e. The summed E-state index contributed by atoms with van der Waals surface area (Å²) < 4.78 is 5.85. The molecular formula is C28H32N6O2S. The number of rotatable bonds is 7. The molecule has 0 spiro atoms. The van der Waals surface area contributed by atoms with E-state index in [0.717, 1.165) is 48.1 Å². The predicted octanol–water partition coefficient (Wildman–Crippen LogP) is 5.07. The smallest absolute Gasteiger partial charge is 0.330 e. The van der Waals surface area contributed by atoms with Gasteiger partial charge in [-0.2, -0.15) is 5.10 Å². The molecule has 37 heavy (non-hydrogen) atoms. The molecule has 1 saturated carbocycles. The molecule has 4 aromatic rings. The normalized spacial score (nSPS) is 14.1. The van der Waals surface area contributed by atoms with E-state index in [2.05, 4.69) is 30.9 Å². The Bertz CT molecular complexity index is 1560. The zero-order chi connectivity index (χ0) is 26.3. The van der Waals surface area contributed by atoms with Gasteiger partial charge >= 0.3 is 5.69 Å². The highest BCUT2D eigenvalue weighted by molar-refractivity contribution is 7.71. The Morgan fingerprint density at radius 2 is 1.76 bits per heavy atom. The first-order valence-corrected chi connectivity index (χ1v) is 13.1. The van der Waals surface area contributed by atoms with E-state index in [-0.39, 0.29) is 17.8 Å². The van der Waals surface area contributed by atoms with Crippen LogP contribution in [0.5, 0.6) is 0 Å². The molecule has 2 N–H and O–H groups in total. The Balaban J connectivity index is 1.80. The Labute approximate surface area is 220 Å². The van der Waals surface area contributed by atoms with Gasteiger partial charge in [0.2, 0.25) is 5.91 Å². The number of hydrogen-bond donors (Lipinski definition) is 1. The van der Waals surface area contributed by atoms with E-state index in [1.54, 1.807) is 23.7 Å². The van der Waals surface area contributed by atoms with Gasteiger partial charge in [0.1, 0.15) is 10.5 Å². The maximum Gasteiger partial charge on any atom is 0.330 e. The van der Waals surface area contributed by atoms with Gasteiger partial charge in [-0.25, -0.2) is 9.48 Å². The standard InChI is InChI=1S/C28H32N6O2S/c1-18(2)33(21-9-5-4-6-10-21)26-23-25(30-32(26)17-19-13-15-20(16-14-19)24(29)35)34(22-11-7-8-12-22)28(36)31(3)27(23)37/h4-6,9-10,13-16,18,22H,7-8,11-12,17H2,1-3H3,(H2,29,35). The molecule has 192 valence electrons. The molecule has 1 amide bonds. The Hall–Kier alpha value is -3.72. The third-order valence-corrected chi connectivity index (χ3v) is 7.66. The van der Waals surface area contributed by atoms with Gasteiger partial charge in [-0.15, -0.1) is 0 Å². The molecule has 2 aromatic heterocycles. The molecular weight excluding hydrogens is 484 g/mol. The average molecular weight is 517 g/mol. The molecule has 1 aliphatic rings. The zero-order valence-corrected chi connectivity index (χ0v) is 22.2. The topological polar surface area (TPSA) is 91.1 Å². The van der Waals surface area contributed by atoms with Crippen molar-refractivity contribution in [3.8, 4) is 0 Å². The first kappa shape index (κ1) is 25.0. The van der Waals surface area contributed by atoms with Crippen molar-refractivity contribution in [1.29, 1.82) is 0 Å². The number of amides is 1. The number of carbonyl (C=O) groups excluding carboxylic acids is 1. The second-order valence-corrected chi connectivity index (χ2v) is 10.4. The van der Waals surface area contributed by atoms with Crippen LogP contribution in [-0.2, 0) is 13.6 Å². The number of carbonyl (C=O) groups is 1. The van der Waals surface area contributed by atoms with Gasteiger partial charge in [-0.05, 0) is 56.5 Å². The fourth-order valence-electron chi connectivity index (χ4n) is 5.36. The summed E-state index contributed by atoms with van der Waals surface area (Å²) in [6.45, 7) is 4.71. The summed E-state index contributed by atoms with van der Waals surface area (Å²) in [6, 6.07) is 17.6. The molecule has 0 atom stereocenters. The van der Waals surface area contributed by atoms with Crippen molar-refractivity contribution in [2.45, 2.75) is 58.2 Å². The van der Waals surface area contributed by atoms with Crippen LogP contribution in [0.15, 0.2) is 59.4 Å². The van der Waals surface area contributed by atoms with Crippen LogP contribution in [0, 0.1) is 4.64 Å². The molecule has 0 unspecified atom stereocenters. The van der Waals surface area contributed by atoms with Gasteiger partial charge in [-0.1, -0.05) is 55.4 Å². The highest BCUT2D eigenvalue weighted by Crippen LogP contribution is 2.37. The number of anilines is 2. The maximum atomic E-state index is 13.5. The highest BCUT2D eigenvalue weighted by Gasteiger charge is 2.29. The molecule has 0 radical (unpaired) electrons. The van der Waals surface area contributed by atoms with E-state index in [0.29, 0.717) is 22.4 Å². The molecule has 8 nitrogen and oxygen atoms in total. The number of benzene rings is 2. The average Bonchev–Trinajstić information content (AvgIpc) is 3.53. The predicted molar refractivity (Wildman–Crippen MR) is 149 cm³/mol. The van der Waals surface area contributed by atoms with Crippen molar-refractivity contribution in [3.63, 3.8) is 0 Å². The van der Waals surface area contributed by atoms with Crippen LogP contribution < -0.4 is 16.3 Å². The fourth-order valence-corrected chi connectivity index (χ4v) is 5.62. The van der Waals surface area contributed by atoms with Crippen LogP contribution in [0.3, 0.4) is 0 Å². The lowest BCUT2D eigenvalue weighted by Gasteiger charge is -2.30. The van der Waals surface area contributed by atoms with Gasteiger partial charge in [0, 0.05) is 30.4 Å². The summed E-state index contributed by atoms with van der Waals surface area (Å²) in [6.07, 6.45) is 4.10. The Morgan fingerprint density at radius 1 is 1.11 bits per heavy atom. The number of para-hydroxylation sites is 1. The number of aromatic nitrogens is 4. The van der Waals surface area contributed by atoms with Gasteiger partial charge in [0.25, 0.3) is 0 Å². The van der Waals surface area contributed by atoms with Crippen molar-refractivity contribution in [1.82, 2.24) is 18.9 Å². The van der Waals surface area contributed by atoms with Crippen LogP contribution in [0.1, 0.15) is 61.5 Å². The number of primary amides is 1. The first-order chi connectivity index (χ1) is 17.8. The summed E-state index contributed by atoms with van der Waals surface area (Å²) in [5.41, 5.74) is 8.38. The minimum atomic E-state index is -0.462. The van der Waals surface area contributed by atoms with Crippen molar-refractivity contribution in [3.05, 3.63) is 80.8 Å². The van der Waals surface area contributed by atoms with Crippen LogP contribution in [0.25, 0.3) is 11.0 Å². The lowest BCUT2D eigenvalue weighted by Crippen LogP contribution is -2.32. The van der Waals surface area contributed by atoms with E-state index in [9.17, 15) is 9.59 Å². The van der Waals surface area contributed by atoms with E-state index in [4.69, 9.17) is 23.1 Å². The van der Waals surface area contributed by atoms with Gasteiger partial charge in [0.05, 0.1) is 11.9 Å². The molecule has 9 heteroatoms. The molecule has 0 saturated heterocycles. The third-order valence-electron chi connectivity index (χ3n) is 7.19.